The third-order valence-electron chi connectivity index (χ3n) is 3.49. The number of nitrogens with zero attached hydrogens (tertiary/aromatic N) is 1. The summed E-state index contributed by atoms with van der Waals surface area (Å²) in [4.78, 5) is 5.25. The van der Waals surface area contributed by atoms with E-state index >= 15 is 0 Å². The molecule has 1 heterocycles. The zero-order chi connectivity index (χ0) is 18.1. The van der Waals surface area contributed by atoms with Gasteiger partial charge in [-0.1, -0.05) is 35.5 Å². The summed E-state index contributed by atoms with van der Waals surface area (Å²) in [7, 11) is -3.76. The number of rotatable bonds is 3. The molecule has 2 aromatic carbocycles. The van der Waals surface area contributed by atoms with Crippen LogP contribution in [0.15, 0.2) is 64.6 Å². The van der Waals surface area contributed by atoms with Crippen molar-refractivity contribution in [1.82, 2.24) is 0 Å². The summed E-state index contributed by atoms with van der Waals surface area (Å²) in [5, 5.41) is 3.52. The minimum atomic E-state index is -4.77. The lowest BCUT2D eigenvalue weighted by Crippen LogP contribution is -2.17. The second-order valence-corrected chi connectivity index (χ2v) is 7.17. The lowest BCUT2D eigenvalue weighted by Gasteiger charge is -2.11. The van der Waals surface area contributed by atoms with Crippen LogP contribution in [0.3, 0.4) is 0 Å². The Morgan fingerprint density at radius 3 is 2.28 bits per heavy atom. The molecule has 1 aliphatic heterocycles. The standard InChI is InChI=1S/C16H12F3NO4S/c17-16(18,19)23-12-8-6-11(7-9-12)14-10-15(20-24-14)25(21,22)13-4-2-1-3-5-13/h1-9,14H,10H2. The number of hydrogen-bond donors (Lipinski definition) is 0. The Labute approximate surface area is 141 Å². The molecule has 0 bridgehead atoms. The Bertz CT molecular complexity index is 878. The van der Waals surface area contributed by atoms with Gasteiger partial charge in [0.1, 0.15) is 5.75 Å². The second-order valence-electron chi connectivity index (χ2n) is 5.22. The maximum absolute atomic E-state index is 12.5. The Morgan fingerprint density at radius 1 is 1.04 bits per heavy atom. The number of benzene rings is 2. The smallest absolute Gasteiger partial charge is 0.406 e. The summed E-state index contributed by atoms with van der Waals surface area (Å²) in [6.45, 7) is 0. The molecular formula is C16H12F3NO4S. The molecule has 0 saturated heterocycles. The van der Waals surface area contributed by atoms with E-state index in [1.54, 1.807) is 18.2 Å². The van der Waals surface area contributed by atoms with Crippen LogP contribution >= 0.6 is 0 Å². The molecular weight excluding hydrogens is 359 g/mol. The molecule has 132 valence electrons. The largest absolute Gasteiger partial charge is 0.573 e. The van der Waals surface area contributed by atoms with E-state index in [4.69, 9.17) is 4.84 Å². The number of sulfone groups is 1. The van der Waals surface area contributed by atoms with Crippen molar-refractivity contribution in [3.05, 3.63) is 60.2 Å². The summed E-state index contributed by atoms with van der Waals surface area (Å²) in [5.41, 5.74) is 0.497. The first-order valence-electron chi connectivity index (χ1n) is 7.14. The summed E-state index contributed by atoms with van der Waals surface area (Å²) < 4.78 is 65.2. The van der Waals surface area contributed by atoms with Crippen LogP contribution in [0.5, 0.6) is 5.75 Å². The predicted molar refractivity (Wildman–Crippen MR) is 82.6 cm³/mol. The molecule has 0 radical (unpaired) electrons. The lowest BCUT2D eigenvalue weighted by molar-refractivity contribution is -0.274. The fraction of sp³-hybridized carbons (Fsp3) is 0.188. The Morgan fingerprint density at radius 2 is 1.68 bits per heavy atom. The number of hydrogen-bond acceptors (Lipinski definition) is 5. The highest BCUT2D eigenvalue weighted by Gasteiger charge is 2.33. The van der Waals surface area contributed by atoms with Crippen molar-refractivity contribution in [3.8, 4) is 5.75 Å². The first kappa shape index (κ1) is 17.3. The van der Waals surface area contributed by atoms with Crippen molar-refractivity contribution in [2.45, 2.75) is 23.8 Å². The van der Waals surface area contributed by atoms with Crippen molar-refractivity contribution >= 4 is 14.9 Å². The minimum absolute atomic E-state index is 0.00327. The molecule has 5 nitrogen and oxygen atoms in total. The Hall–Kier alpha value is -2.55. The van der Waals surface area contributed by atoms with Gasteiger partial charge in [0, 0.05) is 6.42 Å². The van der Waals surface area contributed by atoms with E-state index in [-0.39, 0.29) is 22.1 Å². The van der Waals surface area contributed by atoms with Crippen molar-refractivity contribution in [1.29, 1.82) is 0 Å². The van der Waals surface area contributed by atoms with Gasteiger partial charge in [0.2, 0.25) is 9.84 Å². The van der Waals surface area contributed by atoms with E-state index in [1.807, 2.05) is 0 Å². The monoisotopic (exact) mass is 371 g/mol. The predicted octanol–water partition coefficient (Wildman–Crippen LogP) is 3.83. The van der Waals surface area contributed by atoms with Gasteiger partial charge in [-0.05, 0) is 29.8 Å². The number of alkyl halides is 3. The Kier molecular flexibility index (Phi) is 4.42. The van der Waals surface area contributed by atoms with Gasteiger partial charge in [0.15, 0.2) is 11.1 Å². The van der Waals surface area contributed by atoms with Crippen molar-refractivity contribution in [2.24, 2.45) is 5.16 Å². The average Bonchev–Trinajstić information content (AvgIpc) is 3.06. The lowest BCUT2D eigenvalue weighted by atomic mass is 10.1. The normalized spacial score (nSPS) is 17.7. The topological polar surface area (TPSA) is 65.0 Å². The molecule has 25 heavy (non-hydrogen) atoms. The fourth-order valence-corrected chi connectivity index (χ4v) is 3.61. The van der Waals surface area contributed by atoms with E-state index < -0.39 is 22.3 Å². The summed E-state index contributed by atoms with van der Waals surface area (Å²) in [6, 6.07) is 12.8. The third-order valence-corrected chi connectivity index (χ3v) is 5.25. The summed E-state index contributed by atoms with van der Waals surface area (Å²) >= 11 is 0. The fourth-order valence-electron chi connectivity index (χ4n) is 2.31. The number of ether oxygens (including phenoxy) is 1. The molecule has 0 aromatic heterocycles. The van der Waals surface area contributed by atoms with Crippen LogP contribution in [0.2, 0.25) is 0 Å². The van der Waals surface area contributed by atoms with Crippen molar-refractivity contribution in [3.63, 3.8) is 0 Å². The molecule has 0 amide bonds. The van der Waals surface area contributed by atoms with Gasteiger partial charge in [-0.2, -0.15) is 0 Å². The minimum Gasteiger partial charge on any atom is -0.406 e. The molecule has 3 rings (SSSR count). The zero-order valence-corrected chi connectivity index (χ0v) is 13.4. The van der Waals surface area contributed by atoms with Gasteiger partial charge in [-0.3, -0.25) is 0 Å². The van der Waals surface area contributed by atoms with Crippen LogP contribution < -0.4 is 4.74 Å². The molecule has 1 aliphatic rings. The van der Waals surface area contributed by atoms with E-state index in [2.05, 4.69) is 9.89 Å². The van der Waals surface area contributed by atoms with Crippen molar-refractivity contribution in [2.75, 3.05) is 0 Å². The highest BCUT2D eigenvalue weighted by atomic mass is 32.2. The molecule has 0 saturated carbocycles. The van der Waals surface area contributed by atoms with Gasteiger partial charge in [-0.15, -0.1) is 13.2 Å². The van der Waals surface area contributed by atoms with Crippen molar-refractivity contribution < 1.29 is 31.2 Å². The first-order valence-corrected chi connectivity index (χ1v) is 8.62. The van der Waals surface area contributed by atoms with E-state index in [0.717, 1.165) is 12.1 Å². The third kappa shape index (κ3) is 3.93. The number of halogens is 3. The second kappa shape index (κ2) is 6.40. The van der Waals surface area contributed by atoms with E-state index in [1.165, 1.54) is 24.3 Å². The molecule has 0 N–H and O–H groups in total. The van der Waals surface area contributed by atoms with E-state index in [0.29, 0.717) is 5.56 Å². The van der Waals surface area contributed by atoms with Gasteiger partial charge in [-0.25, -0.2) is 8.42 Å². The molecule has 9 heteroatoms. The molecule has 0 spiro atoms. The molecule has 1 unspecified atom stereocenters. The van der Waals surface area contributed by atoms with Gasteiger partial charge in [0.05, 0.1) is 4.90 Å². The maximum Gasteiger partial charge on any atom is 0.573 e. The van der Waals surface area contributed by atoms with Gasteiger partial charge < -0.3 is 9.57 Å². The quantitative estimate of drug-likeness (QED) is 0.822. The molecule has 0 fully saturated rings. The first-order chi connectivity index (χ1) is 11.8. The highest BCUT2D eigenvalue weighted by Crippen LogP contribution is 2.32. The summed E-state index contributed by atoms with van der Waals surface area (Å²) in [6.07, 6.45) is -5.46. The average molecular weight is 371 g/mol. The molecule has 1 atom stereocenters. The van der Waals surface area contributed by atoms with Gasteiger partial charge >= 0.3 is 6.36 Å². The number of oxime groups is 1. The van der Waals surface area contributed by atoms with Crippen LogP contribution in [0.4, 0.5) is 13.2 Å². The van der Waals surface area contributed by atoms with Gasteiger partial charge in [0.25, 0.3) is 0 Å². The van der Waals surface area contributed by atoms with Crippen LogP contribution in [0, 0.1) is 0 Å². The molecule has 2 aromatic rings. The zero-order valence-electron chi connectivity index (χ0n) is 12.6. The van der Waals surface area contributed by atoms with Crippen LogP contribution in [0.1, 0.15) is 18.1 Å². The SMILES string of the molecule is O=S(=O)(C1=NOC(c2ccc(OC(F)(F)F)cc2)C1)c1ccccc1. The van der Waals surface area contributed by atoms with E-state index in [9.17, 15) is 21.6 Å². The van der Waals surface area contributed by atoms with Crippen LogP contribution in [0.25, 0.3) is 0 Å². The Balaban J connectivity index is 1.72. The summed E-state index contributed by atoms with van der Waals surface area (Å²) in [5.74, 6) is -0.368. The maximum atomic E-state index is 12.5. The highest BCUT2D eigenvalue weighted by molar-refractivity contribution is 8.06. The molecule has 0 aliphatic carbocycles. The van der Waals surface area contributed by atoms with Crippen LogP contribution in [-0.2, 0) is 14.7 Å². The van der Waals surface area contributed by atoms with Crippen LogP contribution in [-0.4, -0.2) is 19.8 Å².